The van der Waals surface area contributed by atoms with Crippen LogP contribution in [0.15, 0.2) is 6.07 Å². The third kappa shape index (κ3) is 4.73. The maximum absolute atomic E-state index is 12.9. The standard InChI is InChI=1S/C13H22F3N5/c1-6-21(9(2)8-20(4)5)11-7-10(13(14,15)16)18-12(17-3)19-11/h7,9H,6,8H2,1-5H3,(H,17,18,19). The highest BCUT2D eigenvalue weighted by Gasteiger charge is 2.34. The Bertz CT molecular complexity index is 462. The molecule has 5 nitrogen and oxygen atoms in total. The SMILES string of the molecule is CCN(c1cc(C(F)(F)F)nc(NC)n1)C(C)CN(C)C. The second-order valence-corrected chi connectivity index (χ2v) is 5.08. The summed E-state index contributed by atoms with van der Waals surface area (Å²) in [5.74, 6) is 0.244. The molecule has 0 radical (unpaired) electrons. The van der Waals surface area contributed by atoms with Crippen LogP contribution in [0.1, 0.15) is 19.5 Å². The van der Waals surface area contributed by atoms with Crippen LogP contribution in [0.3, 0.4) is 0 Å². The average Bonchev–Trinajstić information content (AvgIpc) is 2.37. The van der Waals surface area contributed by atoms with E-state index >= 15 is 0 Å². The monoisotopic (exact) mass is 305 g/mol. The lowest BCUT2D eigenvalue weighted by Gasteiger charge is -2.31. The molecule has 1 aromatic heterocycles. The first-order chi connectivity index (χ1) is 9.68. The highest BCUT2D eigenvalue weighted by Crippen LogP contribution is 2.30. The van der Waals surface area contributed by atoms with Crippen LogP contribution in [0.2, 0.25) is 0 Å². The second kappa shape index (κ2) is 6.93. The normalized spacial score (nSPS) is 13.4. The zero-order valence-corrected chi connectivity index (χ0v) is 13.0. The number of anilines is 2. The zero-order valence-electron chi connectivity index (χ0n) is 13.0. The number of aromatic nitrogens is 2. The summed E-state index contributed by atoms with van der Waals surface area (Å²) in [6.07, 6.45) is -4.49. The molecule has 21 heavy (non-hydrogen) atoms. The Hall–Kier alpha value is -1.57. The van der Waals surface area contributed by atoms with Crippen molar-refractivity contribution in [1.29, 1.82) is 0 Å². The number of likely N-dealkylation sites (N-methyl/N-ethyl adjacent to an activating group) is 2. The molecule has 1 N–H and O–H groups in total. The summed E-state index contributed by atoms with van der Waals surface area (Å²) < 4.78 is 38.8. The lowest BCUT2D eigenvalue weighted by Crippen LogP contribution is -2.40. The molecule has 1 atom stereocenters. The van der Waals surface area contributed by atoms with Gasteiger partial charge in [0, 0.05) is 32.2 Å². The minimum Gasteiger partial charge on any atom is -0.357 e. The fourth-order valence-corrected chi connectivity index (χ4v) is 2.17. The first-order valence-electron chi connectivity index (χ1n) is 6.74. The van der Waals surface area contributed by atoms with Gasteiger partial charge in [-0.25, -0.2) is 4.98 Å². The summed E-state index contributed by atoms with van der Waals surface area (Å²) in [5, 5.41) is 2.58. The predicted octanol–water partition coefficient (Wildman–Crippen LogP) is 2.31. The Morgan fingerprint density at radius 3 is 2.33 bits per heavy atom. The van der Waals surface area contributed by atoms with Crippen molar-refractivity contribution in [2.24, 2.45) is 0 Å². The maximum atomic E-state index is 12.9. The molecule has 0 saturated heterocycles. The van der Waals surface area contributed by atoms with E-state index in [2.05, 4.69) is 15.3 Å². The Kier molecular flexibility index (Phi) is 5.77. The van der Waals surface area contributed by atoms with Crippen molar-refractivity contribution >= 4 is 11.8 Å². The van der Waals surface area contributed by atoms with E-state index in [0.29, 0.717) is 13.1 Å². The van der Waals surface area contributed by atoms with Crippen molar-refractivity contribution in [2.45, 2.75) is 26.1 Å². The Morgan fingerprint density at radius 2 is 1.90 bits per heavy atom. The Balaban J connectivity index is 3.19. The molecule has 0 spiro atoms. The molecule has 0 aliphatic carbocycles. The Morgan fingerprint density at radius 1 is 1.29 bits per heavy atom. The Labute approximate surface area is 123 Å². The van der Waals surface area contributed by atoms with Gasteiger partial charge in [-0.05, 0) is 27.9 Å². The van der Waals surface area contributed by atoms with Crippen LogP contribution in [-0.2, 0) is 6.18 Å². The van der Waals surface area contributed by atoms with Crippen molar-refractivity contribution in [3.05, 3.63) is 11.8 Å². The van der Waals surface area contributed by atoms with Gasteiger partial charge in [0.25, 0.3) is 0 Å². The first-order valence-corrected chi connectivity index (χ1v) is 6.74. The van der Waals surface area contributed by atoms with E-state index < -0.39 is 11.9 Å². The summed E-state index contributed by atoms with van der Waals surface area (Å²) in [6, 6.07) is 1.03. The molecule has 0 aliphatic heterocycles. The molecule has 0 aliphatic rings. The fraction of sp³-hybridized carbons (Fsp3) is 0.692. The van der Waals surface area contributed by atoms with Crippen LogP contribution in [0, 0.1) is 0 Å². The van der Waals surface area contributed by atoms with Crippen LogP contribution < -0.4 is 10.2 Å². The molecule has 0 amide bonds. The lowest BCUT2D eigenvalue weighted by molar-refractivity contribution is -0.141. The molecule has 0 fully saturated rings. The van der Waals surface area contributed by atoms with E-state index in [1.165, 1.54) is 7.05 Å². The average molecular weight is 305 g/mol. The van der Waals surface area contributed by atoms with Crippen LogP contribution in [-0.4, -0.2) is 55.1 Å². The molecule has 0 bridgehead atoms. The molecule has 1 heterocycles. The quantitative estimate of drug-likeness (QED) is 0.874. The van der Waals surface area contributed by atoms with Crippen molar-refractivity contribution in [3.63, 3.8) is 0 Å². The summed E-state index contributed by atoms with van der Waals surface area (Å²) in [5.41, 5.74) is -0.938. The molecule has 1 aromatic rings. The number of rotatable bonds is 6. The van der Waals surface area contributed by atoms with Gasteiger partial charge in [0.2, 0.25) is 5.95 Å². The number of alkyl halides is 3. The van der Waals surface area contributed by atoms with Gasteiger partial charge in [-0.3, -0.25) is 0 Å². The van der Waals surface area contributed by atoms with E-state index in [-0.39, 0.29) is 17.8 Å². The molecule has 0 saturated carbocycles. The van der Waals surface area contributed by atoms with E-state index in [9.17, 15) is 13.2 Å². The van der Waals surface area contributed by atoms with Gasteiger partial charge >= 0.3 is 6.18 Å². The van der Waals surface area contributed by atoms with Gasteiger partial charge in [0.15, 0.2) is 5.69 Å². The number of hydrogen-bond donors (Lipinski definition) is 1. The molecule has 1 rings (SSSR count). The van der Waals surface area contributed by atoms with Gasteiger partial charge in [-0.2, -0.15) is 18.2 Å². The van der Waals surface area contributed by atoms with E-state index in [1.807, 2.05) is 37.7 Å². The minimum atomic E-state index is -4.49. The number of halogens is 3. The zero-order chi connectivity index (χ0) is 16.2. The first kappa shape index (κ1) is 17.5. The molecular formula is C13H22F3N5. The molecule has 120 valence electrons. The van der Waals surface area contributed by atoms with Crippen LogP contribution in [0.4, 0.5) is 24.9 Å². The van der Waals surface area contributed by atoms with Gasteiger partial charge in [-0.1, -0.05) is 0 Å². The van der Waals surface area contributed by atoms with Gasteiger partial charge < -0.3 is 15.1 Å². The fourth-order valence-electron chi connectivity index (χ4n) is 2.17. The number of hydrogen-bond acceptors (Lipinski definition) is 5. The van der Waals surface area contributed by atoms with Gasteiger partial charge in [-0.15, -0.1) is 0 Å². The van der Waals surface area contributed by atoms with E-state index in [1.54, 1.807) is 0 Å². The van der Waals surface area contributed by atoms with Crippen molar-refractivity contribution in [1.82, 2.24) is 14.9 Å². The third-order valence-corrected chi connectivity index (χ3v) is 3.02. The summed E-state index contributed by atoms with van der Waals surface area (Å²) >= 11 is 0. The molecule has 1 unspecified atom stereocenters. The lowest BCUT2D eigenvalue weighted by atomic mass is 10.2. The predicted molar refractivity (Wildman–Crippen MR) is 77.6 cm³/mol. The molecule has 8 heteroatoms. The van der Waals surface area contributed by atoms with Crippen molar-refractivity contribution in [2.75, 3.05) is 44.4 Å². The molecular weight excluding hydrogens is 283 g/mol. The maximum Gasteiger partial charge on any atom is 0.433 e. The van der Waals surface area contributed by atoms with Crippen molar-refractivity contribution < 1.29 is 13.2 Å². The van der Waals surface area contributed by atoms with Gasteiger partial charge in [0.05, 0.1) is 0 Å². The number of nitrogens with zero attached hydrogens (tertiary/aromatic N) is 4. The highest BCUT2D eigenvalue weighted by atomic mass is 19.4. The summed E-state index contributed by atoms with van der Waals surface area (Å²) in [7, 11) is 5.34. The number of nitrogens with one attached hydrogen (secondary N) is 1. The molecule has 0 aromatic carbocycles. The van der Waals surface area contributed by atoms with Gasteiger partial charge in [0.1, 0.15) is 5.82 Å². The third-order valence-electron chi connectivity index (χ3n) is 3.02. The van der Waals surface area contributed by atoms with Crippen LogP contribution in [0.5, 0.6) is 0 Å². The van der Waals surface area contributed by atoms with Crippen LogP contribution in [0.25, 0.3) is 0 Å². The second-order valence-electron chi connectivity index (χ2n) is 5.08. The topological polar surface area (TPSA) is 44.3 Å². The smallest absolute Gasteiger partial charge is 0.357 e. The largest absolute Gasteiger partial charge is 0.433 e. The summed E-state index contributed by atoms with van der Waals surface area (Å²) in [4.78, 5) is 11.4. The van der Waals surface area contributed by atoms with E-state index in [4.69, 9.17) is 0 Å². The summed E-state index contributed by atoms with van der Waals surface area (Å²) in [6.45, 7) is 5.12. The highest BCUT2D eigenvalue weighted by molar-refractivity contribution is 5.46. The minimum absolute atomic E-state index is 0.0321. The van der Waals surface area contributed by atoms with Crippen molar-refractivity contribution in [3.8, 4) is 0 Å². The van der Waals surface area contributed by atoms with Crippen LogP contribution >= 0.6 is 0 Å². The van der Waals surface area contributed by atoms with E-state index in [0.717, 1.165) is 6.07 Å².